The second-order valence-electron chi connectivity index (χ2n) is 6.73. The summed E-state index contributed by atoms with van der Waals surface area (Å²) in [6, 6.07) is 8.70. The van der Waals surface area contributed by atoms with E-state index in [9.17, 15) is 4.79 Å². The molecule has 0 bridgehead atoms. The zero-order valence-corrected chi connectivity index (χ0v) is 14.2. The highest BCUT2D eigenvalue weighted by atomic mass is 16.5. The van der Waals surface area contributed by atoms with E-state index in [-0.39, 0.29) is 5.91 Å². The number of carbonyl (C=O) groups is 1. The van der Waals surface area contributed by atoms with Crippen LogP contribution in [-0.4, -0.2) is 43.1 Å². The third-order valence-corrected chi connectivity index (χ3v) is 5.02. The van der Waals surface area contributed by atoms with Crippen molar-refractivity contribution in [1.82, 2.24) is 4.90 Å². The van der Waals surface area contributed by atoms with Gasteiger partial charge in [-0.1, -0.05) is 0 Å². The van der Waals surface area contributed by atoms with Crippen LogP contribution in [0.2, 0.25) is 0 Å². The summed E-state index contributed by atoms with van der Waals surface area (Å²) >= 11 is 0. The van der Waals surface area contributed by atoms with Crippen molar-refractivity contribution < 1.29 is 9.53 Å². The van der Waals surface area contributed by atoms with Crippen molar-refractivity contribution in [3.05, 3.63) is 24.3 Å². The first-order valence-electron chi connectivity index (χ1n) is 9.01. The Morgan fingerprint density at radius 2 is 1.96 bits per heavy atom. The lowest BCUT2D eigenvalue weighted by atomic mass is 10.1. The molecule has 0 N–H and O–H groups in total. The van der Waals surface area contributed by atoms with E-state index in [1.165, 1.54) is 19.4 Å². The van der Waals surface area contributed by atoms with Gasteiger partial charge in [-0.25, -0.2) is 0 Å². The number of rotatable bonds is 6. The van der Waals surface area contributed by atoms with Crippen LogP contribution in [0.5, 0.6) is 5.75 Å². The predicted octanol–water partition coefficient (Wildman–Crippen LogP) is 3.46. The number of likely N-dealkylation sites (tertiary alicyclic amines) is 1. The molecule has 23 heavy (non-hydrogen) atoms. The van der Waals surface area contributed by atoms with Gasteiger partial charge >= 0.3 is 0 Å². The third-order valence-electron chi connectivity index (χ3n) is 5.02. The number of nitrogens with zero attached hydrogens (tertiary/aromatic N) is 2. The molecule has 2 heterocycles. The van der Waals surface area contributed by atoms with Gasteiger partial charge in [-0.2, -0.15) is 0 Å². The van der Waals surface area contributed by atoms with Crippen molar-refractivity contribution in [2.24, 2.45) is 0 Å². The first-order valence-corrected chi connectivity index (χ1v) is 9.01. The van der Waals surface area contributed by atoms with Crippen LogP contribution in [0.1, 0.15) is 45.4 Å². The maximum Gasteiger partial charge on any atom is 0.226 e. The topological polar surface area (TPSA) is 32.8 Å². The molecule has 0 spiro atoms. The lowest BCUT2D eigenvalue weighted by Gasteiger charge is -2.26. The Balaban J connectivity index is 1.43. The van der Waals surface area contributed by atoms with Crippen LogP contribution < -0.4 is 9.64 Å². The van der Waals surface area contributed by atoms with E-state index in [0.29, 0.717) is 6.42 Å². The van der Waals surface area contributed by atoms with E-state index >= 15 is 0 Å². The smallest absolute Gasteiger partial charge is 0.226 e. The van der Waals surface area contributed by atoms with Crippen molar-refractivity contribution in [3.63, 3.8) is 0 Å². The van der Waals surface area contributed by atoms with E-state index in [1.54, 1.807) is 0 Å². The average molecular weight is 316 g/mol. The highest BCUT2D eigenvalue weighted by molar-refractivity contribution is 5.93. The number of amides is 1. The fourth-order valence-corrected chi connectivity index (χ4v) is 3.58. The number of ether oxygens (including phenoxy) is 1. The SMILES string of the molecule is CC1CCCN1CCCOc1ccc(N2CCCCC2=O)cc1. The maximum atomic E-state index is 11.9. The summed E-state index contributed by atoms with van der Waals surface area (Å²) in [7, 11) is 0. The summed E-state index contributed by atoms with van der Waals surface area (Å²) < 4.78 is 5.84. The molecule has 4 nitrogen and oxygen atoms in total. The Morgan fingerprint density at radius 3 is 2.65 bits per heavy atom. The van der Waals surface area contributed by atoms with Crippen LogP contribution in [0, 0.1) is 0 Å². The first-order chi connectivity index (χ1) is 11.2. The number of hydrogen-bond donors (Lipinski definition) is 0. The Labute approximate surface area is 139 Å². The lowest BCUT2D eigenvalue weighted by molar-refractivity contribution is -0.119. The number of piperidine rings is 1. The van der Waals surface area contributed by atoms with Crippen molar-refractivity contribution in [2.45, 2.75) is 51.5 Å². The van der Waals surface area contributed by atoms with Gasteiger partial charge in [0.25, 0.3) is 0 Å². The van der Waals surface area contributed by atoms with Gasteiger partial charge in [0.2, 0.25) is 5.91 Å². The van der Waals surface area contributed by atoms with Crippen molar-refractivity contribution in [2.75, 3.05) is 31.1 Å². The molecule has 4 heteroatoms. The molecule has 2 saturated heterocycles. The molecule has 1 unspecified atom stereocenters. The summed E-state index contributed by atoms with van der Waals surface area (Å²) in [4.78, 5) is 16.4. The van der Waals surface area contributed by atoms with Crippen molar-refractivity contribution in [3.8, 4) is 5.75 Å². The van der Waals surface area contributed by atoms with Crippen LogP contribution in [0.4, 0.5) is 5.69 Å². The molecule has 2 fully saturated rings. The normalized spacial score (nSPS) is 22.6. The zero-order chi connectivity index (χ0) is 16.1. The van der Waals surface area contributed by atoms with Gasteiger partial charge < -0.3 is 14.5 Å². The molecule has 0 radical (unpaired) electrons. The third kappa shape index (κ3) is 4.25. The first kappa shape index (κ1) is 16.3. The minimum Gasteiger partial charge on any atom is -0.494 e. The van der Waals surface area contributed by atoms with Gasteiger partial charge in [0.1, 0.15) is 5.75 Å². The fourth-order valence-electron chi connectivity index (χ4n) is 3.58. The van der Waals surface area contributed by atoms with E-state index in [0.717, 1.165) is 56.4 Å². The molecule has 126 valence electrons. The van der Waals surface area contributed by atoms with Crippen LogP contribution in [0.3, 0.4) is 0 Å². The summed E-state index contributed by atoms with van der Waals surface area (Å²) in [5.74, 6) is 1.14. The maximum absolute atomic E-state index is 11.9. The van der Waals surface area contributed by atoms with Gasteiger partial charge in [-0.3, -0.25) is 4.79 Å². The van der Waals surface area contributed by atoms with Crippen LogP contribution in [0.25, 0.3) is 0 Å². The van der Waals surface area contributed by atoms with Gasteiger partial charge in [0.05, 0.1) is 6.61 Å². The highest BCUT2D eigenvalue weighted by Crippen LogP contribution is 2.23. The van der Waals surface area contributed by atoms with Gasteiger partial charge in [-0.15, -0.1) is 0 Å². The molecule has 2 aliphatic heterocycles. The van der Waals surface area contributed by atoms with Crippen LogP contribution in [-0.2, 0) is 4.79 Å². The second-order valence-corrected chi connectivity index (χ2v) is 6.73. The molecule has 3 rings (SSSR count). The monoisotopic (exact) mass is 316 g/mol. The number of hydrogen-bond acceptors (Lipinski definition) is 3. The molecule has 1 amide bonds. The van der Waals surface area contributed by atoms with E-state index in [1.807, 2.05) is 29.2 Å². The zero-order valence-electron chi connectivity index (χ0n) is 14.2. The minimum absolute atomic E-state index is 0.240. The molecular formula is C19H28N2O2. The summed E-state index contributed by atoms with van der Waals surface area (Å²) in [5.41, 5.74) is 0.993. The Kier molecular flexibility index (Phi) is 5.55. The second kappa shape index (κ2) is 7.82. The van der Waals surface area contributed by atoms with Crippen LogP contribution >= 0.6 is 0 Å². The Morgan fingerprint density at radius 1 is 1.13 bits per heavy atom. The molecule has 0 aromatic heterocycles. The molecular weight excluding hydrogens is 288 g/mol. The van der Waals surface area contributed by atoms with E-state index < -0.39 is 0 Å². The highest BCUT2D eigenvalue weighted by Gasteiger charge is 2.20. The van der Waals surface area contributed by atoms with Gasteiger partial charge in [-0.05, 0) is 69.8 Å². The molecule has 1 aromatic carbocycles. The molecule has 0 saturated carbocycles. The van der Waals surface area contributed by atoms with Gasteiger partial charge in [0.15, 0.2) is 0 Å². The van der Waals surface area contributed by atoms with E-state index in [4.69, 9.17) is 4.74 Å². The van der Waals surface area contributed by atoms with Crippen LogP contribution in [0.15, 0.2) is 24.3 Å². The standard InChI is InChI=1S/C19H28N2O2/c1-16-6-4-12-20(16)13-5-15-23-18-10-8-17(9-11-18)21-14-3-2-7-19(21)22/h8-11,16H,2-7,12-15H2,1H3. The summed E-state index contributed by atoms with van der Waals surface area (Å²) in [6.07, 6.45) is 6.52. The number of carbonyl (C=O) groups excluding carboxylic acids is 1. The molecule has 1 atom stereocenters. The molecule has 1 aromatic rings. The van der Waals surface area contributed by atoms with Crippen molar-refractivity contribution >= 4 is 11.6 Å². The lowest BCUT2D eigenvalue weighted by Crippen LogP contribution is -2.35. The molecule has 2 aliphatic rings. The number of anilines is 1. The Hall–Kier alpha value is -1.55. The van der Waals surface area contributed by atoms with E-state index in [2.05, 4.69) is 11.8 Å². The summed E-state index contributed by atoms with van der Waals surface area (Å²) in [6.45, 7) is 6.27. The van der Waals surface area contributed by atoms with Crippen molar-refractivity contribution in [1.29, 1.82) is 0 Å². The average Bonchev–Trinajstić information content (AvgIpc) is 2.98. The quantitative estimate of drug-likeness (QED) is 0.754. The van der Waals surface area contributed by atoms with Gasteiger partial charge in [0, 0.05) is 31.2 Å². The minimum atomic E-state index is 0.240. The number of benzene rings is 1. The summed E-state index contributed by atoms with van der Waals surface area (Å²) in [5, 5.41) is 0. The fraction of sp³-hybridized carbons (Fsp3) is 0.632. The predicted molar refractivity (Wildman–Crippen MR) is 93.0 cm³/mol. The largest absolute Gasteiger partial charge is 0.494 e. The Bertz CT molecular complexity index is 515. The molecule has 0 aliphatic carbocycles.